The summed E-state index contributed by atoms with van der Waals surface area (Å²) < 4.78 is 31.0. The zero-order valence-corrected chi connectivity index (χ0v) is 37.1. The minimum atomic E-state index is -2.99. The molecule has 318 valence electrons. The molecule has 14 atom stereocenters. The molecule has 0 spiro atoms. The van der Waals surface area contributed by atoms with Crippen molar-refractivity contribution in [1.82, 2.24) is 10.2 Å². The second-order valence-electron chi connectivity index (χ2n) is 23.3. The van der Waals surface area contributed by atoms with Crippen LogP contribution < -0.4 is 5.32 Å². The lowest BCUT2D eigenvalue weighted by molar-refractivity contribution is -0.250. The van der Waals surface area contributed by atoms with Crippen LogP contribution in [0.15, 0.2) is 0 Å². The molecule has 8 rings (SSSR count). The highest BCUT2D eigenvalue weighted by molar-refractivity contribution is 7.91. The van der Waals surface area contributed by atoms with E-state index in [-0.39, 0.29) is 62.7 Å². The summed E-state index contributed by atoms with van der Waals surface area (Å²) in [5.74, 6) is 1.54. The first-order valence-electron chi connectivity index (χ1n) is 22.8. The fourth-order valence-corrected chi connectivity index (χ4v) is 17.6. The largest absolute Gasteiger partial charge is 0.481 e. The summed E-state index contributed by atoms with van der Waals surface area (Å²) >= 11 is 0. The Kier molecular flexibility index (Phi) is 9.92. The van der Waals surface area contributed by atoms with Crippen molar-refractivity contribution in [2.24, 2.45) is 73.9 Å². The summed E-state index contributed by atoms with van der Waals surface area (Å²) in [5, 5.41) is 25.0. The van der Waals surface area contributed by atoms with Gasteiger partial charge in [0.05, 0.1) is 29.4 Å². The van der Waals surface area contributed by atoms with Gasteiger partial charge in [-0.3, -0.25) is 14.5 Å². The molecule has 0 aromatic carbocycles. The molecule has 0 radical (unpaired) electrons. The number of rotatable bonds is 9. The van der Waals surface area contributed by atoms with Crippen molar-refractivity contribution in [3.05, 3.63) is 0 Å². The van der Waals surface area contributed by atoms with Crippen molar-refractivity contribution in [3.63, 3.8) is 0 Å². The van der Waals surface area contributed by atoms with Gasteiger partial charge in [-0.15, -0.1) is 0 Å². The molecule has 1 heterocycles. The molecule has 8 fully saturated rings. The van der Waals surface area contributed by atoms with E-state index in [4.69, 9.17) is 4.74 Å². The minimum absolute atomic E-state index is 0.0587. The number of fused-ring (bicyclic) bond motifs is 7. The Hall–Kier alpha value is -1.23. The first kappa shape index (κ1) is 41.5. The van der Waals surface area contributed by atoms with Crippen molar-refractivity contribution >= 4 is 21.8 Å². The van der Waals surface area contributed by atoms with E-state index in [1.165, 1.54) is 57.8 Å². The van der Waals surface area contributed by atoms with Crippen LogP contribution in [0.1, 0.15) is 146 Å². The average molecular weight is 801 g/mol. The molecular formula is C46H76N2O7S. The van der Waals surface area contributed by atoms with Crippen molar-refractivity contribution in [3.8, 4) is 0 Å². The van der Waals surface area contributed by atoms with Crippen LogP contribution in [0, 0.1) is 73.9 Å². The summed E-state index contributed by atoms with van der Waals surface area (Å²) in [7, 11) is -2.99. The second-order valence-corrected chi connectivity index (χ2v) is 25.6. The molecule has 8 aliphatic rings. The topological polar surface area (TPSA) is 133 Å². The molecule has 0 amide bonds. The van der Waals surface area contributed by atoms with Crippen molar-refractivity contribution in [2.75, 3.05) is 31.1 Å². The van der Waals surface area contributed by atoms with Gasteiger partial charge in [-0.05, 0) is 147 Å². The number of carbonyl (C=O) groups excluding carboxylic acids is 1. The quantitative estimate of drug-likeness (QED) is 0.205. The Morgan fingerprint density at radius 2 is 1.45 bits per heavy atom. The lowest BCUT2D eigenvalue weighted by Gasteiger charge is -2.73. The first-order valence-corrected chi connectivity index (χ1v) is 24.6. The maximum absolute atomic E-state index is 13.7. The van der Waals surface area contributed by atoms with Gasteiger partial charge in [-0.1, -0.05) is 55.4 Å². The van der Waals surface area contributed by atoms with Crippen LogP contribution in [0.4, 0.5) is 0 Å². The number of carboxylic acids is 1. The third-order valence-corrected chi connectivity index (χ3v) is 22.1. The standard InChI is InChI=1S/C46H76N2O7S/c1-28(49)33(48-22-24-56(53,54)25-23-48)27-47-46-17-12-29(42(6)18-19-42)37(46)30-10-11-35-43(7)15-14-36(55-39(52)32-26-31(38(50)51)40(32,2)3)41(4,5)34(43)13-16-45(35,9)44(30,8)20-21-46/h28-37,47,49H,10-27H2,1-9H3,(H,50,51)/t28?,29-,30-,31-,32+,33?,34+,35-,36+,37-,43+,44-,45-,46+/m1/s1. The molecule has 1 aliphatic heterocycles. The predicted octanol–water partition coefficient (Wildman–Crippen LogP) is 7.35. The highest BCUT2D eigenvalue weighted by Crippen LogP contribution is 2.78. The normalized spacial score (nSPS) is 48.1. The number of hydrogen-bond donors (Lipinski definition) is 3. The van der Waals surface area contributed by atoms with Crippen molar-refractivity contribution in [2.45, 2.75) is 170 Å². The van der Waals surface area contributed by atoms with E-state index in [0.29, 0.717) is 61.1 Å². The average Bonchev–Trinajstić information content (AvgIpc) is 3.72. The van der Waals surface area contributed by atoms with E-state index in [9.17, 15) is 28.2 Å². The number of esters is 1. The van der Waals surface area contributed by atoms with Crippen LogP contribution in [0.25, 0.3) is 0 Å². The van der Waals surface area contributed by atoms with E-state index in [1.807, 2.05) is 20.8 Å². The maximum Gasteiger partial charge on any atom is 0.309 e. The van der Waals surface area contributed by atoms with E-state index < -0.39 is 33.2 Å². The molecule has 2 unspecified atom stereocenters. The van der Waals surface area contributed by atoms with Gasteiger partial charge in [0.25, 0.3) is 0 Å². The van der Waals surface area contributed by atoms with Crippen molar-refractivity contribution < 1.29 is 33.0 Å². The van der Waals surface area contributed by atoms with Gasteiger partial charge in [0.2, 0.25) is 0 Å². The number of carboxylic acid groups (broad SMARTS) is 1. The molecule has 0 aromatic rings. The number of aliphatic hydroxyl groups excluding tert-OH is 1. The number of nitrogens with one attached hydrogen (secondary N) is 1. The van der Waals surface area contributed by atoms with Gasteiger partial charge < -0.3 is 20.3 Å². The van der Waals surface area contributed by atoms with Gasteiger partial charge in [-0.25, -0.2) is 8.42 Å². The van der Waals surface area contributed by atoms with E-state index in [0.717, 1.165) is 19.3 Å². The SMILES string of the molecule is CC(O)C(CN[C@]12CC[C@@H](C3(C)CC3)[C@@H]1[C@H]1CC[C@@H]3[C@@]4(C)CC[C@H](OC(=O)[C@@H]5C[C@H](C(=O)O)C5(C)C)C(C)(C)[C@@H]4CC[C@@]3(C)[C@]1(C)CC2)N1CCS(=O)(=O)CC1. The highest BCUT2D eigenvalue weighted by Gasteiger charge is 2.72. The number of aliphatic carboxylic acids is 1. The molecule has 9 nitrogen and oxygen atoms in total. The van der Waals surface area contributed by atoms with Crippen LogP contribution >= 0.6 is 0 Å². The van der Waals surface area contributed by atoms with Crippen LogP contribution in [-0.4, -0.2) is 90.4 Å². The lowest BCUT2D eigenvalue weighted by atomic mass is 9.32. The maximum atomic E-state index is 13.7. The molecule has 7 aliphatic carbocycles. The van der Waals surface area contributed by atoms with E-state index in [2.05, 4.69) is 51.8 Å². The molecule has 7 saturated carbocycles. The Balaban J connectivity index is 1.02. The molecular weight excluding hydrogens is 725 g/mol. The van der Waals surface area contributed by atoms with Crippen LogP contribution in [-0.2, 0) is 24.2 Å². The Bertz CT molecular complexity index is 1680. The van der Waals surface area contributed by atoms with Gasteiger partial charge >= 0.3 is 11.9 Å². The molecule has 0 bridgehead atoms. The van der Waals surface area contributed by atoms with Gasteiger partial charge in [0.1, 0.15) is 6.10 Å². The van der Waals surface area contributed by atoms with E-state index in [1.54, 1.807) is 0 Å². The lowest BCUT2D eigenvalue weighted by Crippen LogP contribution is -2.69. The van der Waals surface area contributed by atoms with Crippen LogP contribution in [0.3, 0.4) is 0 Å². The minimum Gasteiger partial charge on any atom is -0.481 e. The second kappa shape index (κ2) is 13.4. The Morgan fingerprint density at radius 1 is 0.768 bits per heavy atom. The van der Waals surface area contributed by atoms with Gasteiger partial charge in [-0.2, -0.15) is 0 Å². The summed E-state index contributed by atoms with van der Waals surface area (Å²) in [6.07, 6.45) is 14.1. The summed E-state index contributed by atoms with van der Waals surface area (Å²) in [6.45, 7) is 22.7. The summed E-state index contributed by atoms with van der Waals surface area (Å²) in [6, 6.07) is -0.0903. The molecule has 3 N–H and O–H groups in total. The zero-order valence-electron chi connectivity index (χ0n) is 36.3. The molecule has 1 saturated heterocycles. The molecule has 0 aromatic heterocycles. The summed E-state index contributed by atoms with van der Waals surface area (Å²) in [4.78, 5) is 27.7. The fourth-order valence-electron chi connectivity index (χ4n) is 16.4. The predicted molar refractivity (Wildman–Crippen MR) is 218 cm³/mol. The Morgan fingerprint density at radius 3 is 2.05 bits per heavy atom. The van der Waals surface area contributed by atoms with Gasteiger partial charge in [0.15, 0.2) is 9.84 Å². The number of nitrogens with zero attached hydrogens (tertiary/aromatic N) is 1. The van der Waals surface area contributed by atoms with Crippen LogP contribution in [0.5, 0.6) is 0 Å². The van der Waals surface area contributed by atoms with Crippen molar-refractivity contribution in [1.29, 1.82) is 0 Å². The van der Waals surface area contributed by atoms with Gasteiger partial charge in [0, 0.05) is 36.6 Å². The molecule has 10 heteroatoms. The Labute approximate surface area is 338 Å². The zero-order chi connectivity index (χ0) is 40.6. The molecule has 56 heavy (non-hydrogen) atoms. The number of aliphatic hydroxyl groups is 1. The number of ether oxygens (including phenoxy) is 1. The number of hydrogen-bond acceptors (Lipinski definition) is 8. The third-order valence-electron chi connectivity index (χ3n) is 20.5. The highest BCUT2D eigenvalue weighted by atomic mass is 32.2. The monoisotopic (exact) mass is 801 g/mol. The fraction of sp³-hybridized carbons (Fsp3) is 0.957. The van der Waals surface area contributed by atoms with Crippen LogP contribution in [0.2, 0.25) is 0 Å². The smallest absolute Gasteiger partial charge is 0.309 e. The first-order chi connectivity index (χ1) is 26.0. The number of sulfone groups is 1. The summed E-state index contributed by atoms with van der Waals surface area (Å²) in [5.41, 5.74) is 0.343. The number of carbonyl (C=O) groups is 2. The van der Waals surface area contributed by atoms with E-state index >= 15 is 0 Å². The third kappa shape index (κ3) is 6.06.